The van der Waals surface area contributed by atoms with Crippen molar-refractivity contribution in [1.29, 1.82) is 0 Å². The maximum Gasteiger partial charge on any atom is 0.287 e. The molecule has 2 heterocycles. The minimum atomic E-state index is -0.258. The molecule has 0 radical (unpaired) electrons. The Bertz CT molecular complexity index is 931. The van der Waals surface area contributed by atoms with Gasteiger partial charge in [-0.1, -0.05) is 0 Å². The van der Waals surface area contributed by atoms with Gasteiger partial charge in [-0.3, -0.25) is 4.79 Å². The molecule has 7 heteroatoms. The van der Waals surface area contributed by atoms with Crippen molar-refractivity contribution in [3.05, 3.63) is 58.9 Å². The van der Waals surface area contributed by atoms with Crippen molar-refractivity contribution in [3.63, 3.8) is 0 Å². The van der Waals surface area contributed by atoms with E-state index in [2.05, 4.69) is 10.3 Å². The molecule has 1 atom stereocenters. The molecule has 26 heavy (non-hydrogen) atoms. The topological polar surface area (TPSA) is 59.8 Å². The van der Waals surface area contributed by atoms with E-state index in [0.717, 1.165) is 40.4 Å². The number of halogens is 1. The Balaban J connectivity index is 1.59. The highest BCUT2D eigenvalue weighted by Crippen LogP contribution is 2.38. The normalized spacial score (nSPS) is 16.3. The number of imidazole rings is 1. The van der Waals surface area contributed by atoms with E-state index < -0.39 is 0 Å². The van der Waals surface area contributed by atoms with Crippen molar-refractivity contribution < 1.29 is 9.18 Å². The van der Waals surface area contributed by atoms with E-state index in [9.17, 15) is 9.18 Å². The number of thiazole rings is 1. The number of carbonyl (C=O) groups excluding carboxylic acids is 1. The van der Waals surface area contributed by atoms with Crippen LogP contribution in [0.5, 0.6) is 0 Å². The molecule has 0 spiro atoms. The van der Waals surface area contributed by atoms with E-state index in [4.69, 9.17) is 4.98 Å². The molecule has 0 fully saturated rings. The molecule has 1 aliphatic rings. The molecule has 4 rings (SSSR count). The third-order valence-corrected chi connectivity index (χ3v) is 5.87. The van der Waals surface area contributed by atoms with Gasteiger partial charge in [-0.25, -0.2) is 14.4 Å². The molecule has 3 aromatic rings. The second kappa shape index (κ2) is 6.99. The van der Waals surface area contributed by atoms with Crippen molar-refractivity contribution in [2.24, 2.45) is 0 Å². The van der Waals surface area contributed by atoms with E-state index in [0.29, 0.717) is 12.4 Å². The smallest absolute Gasteiger partial charge is 0.287 e. The van der Waals surface area contributed by atoms with Gasteiger partial charge < -0.3 is 9.88 Å². The van der Waals surface area contributed by atoms with E-state index in [1.54, 1.807) is 35.9 Å². The molecule has 0 aliphatic heterocycles. The molecule has 2 aromatic heterocycles. The standard InChI is InChI=1S/C19H19FN4OS/c1-2-24-11-10-21-17(24)18(25)22-14-4-3-5-15-16(14)26-19(23-15)12-6-8-13(20)9-7-12/h6-11,14H,2-5H2,1H3,(H,22,25). The van der Waals surface area contributed by atoms with Gasteiger partial charge in [0.05, 0.1) is 16.6 Å². The fourth-order valence-electron chi connectivity index (χ4n) is 3.27. The van der Waals surface area contributed by atoms with Crippen molar-refractivity contribution in [2.75, 3.05) is 0 Å². The predicted molar refractivity (Wildman–Crippen MR) is 98.6 cm³/mol. The van der Waals surface area contributed by atoms with Gasteiger partial charge in [0.25, 0.3) is 5.91 Å². The summed E-state index contributed by atoms with van der Waals surface area (Å²) >= 11 is 1.58. The van der Waals surface area contributed by atoms with Gasteiger partial charge in [0, 0.05) is 24.5 Å². The summed E-state index contributed by atoms with van der Waals surface area (Å²) in [5.41, 5.74) is 1.93. The number of carbonyl (C=O) groups is 1. The first-order chi connectivity index (χ1) is 12.7. The van der Waals surface area contributed by atoms with Crippen molar-refractivity contribution in [2.45, 2.75) is 38.8 Å². The number of aryl methyl sites for hydroxylation is 2. The number of nitrogens with one attached hydrogen (secondary N) is 1. The van der Waals surface area contributed by atoms with E-state index in [-0.39, 0.29) is 17.8 Å². The van der Waals surface area contributed by atoms with Crippen LogP contribution >= 0.6 is 11.3 Å². The lowest BCUT2D eigenvalue weighted by Crippen LogP contribution is -2.32. The average molecular weight is 370 g/mol. The summed E-state index contributed by atoms with van der Waals surface area (Å²) < 4.78 is 15.0. The van der Waals surface area contributed by atoms with Crippen LogP contribution in [0.1, 0.15) is 47.0 Å². The van der Waals surface area contributed by atoms with Crippen LogP contribution in [-0.4, -0.2) is 20.4 Å². The lowest BCUT2D eigenvalue weighted by molar-refractivity contribution is 0.0918. The van der Waals surface area contributed by atoms with Gasteiger partial charge in [-0.2, -0.15) is 0 Å². The Morgan fingerprint density at radius 1 is 1.38 bits per heavy atom. The molecule has 134 valence electrons. The molecule has 1 N–H and O–H groups in total. The summed E-state index contributed by atoms with van der Waals surface area (Å²) in [6.07, 6.45) is 6.22. The minimum Gasteiger partial charge on any atom is -0.342 e. The van der Waals surface area contributed by atoms with Crippen LogP contribution in [0.3, 0.4) is 0 Å². The number of benzene rings is 1. The molecule has 1 aliphatic carbocycles. The average Bonchev–Trinajstić information content (AvgIpc) is 3.29. The molecular formula is C19H19FN4OS. The third kappa shape index (κ3) is 3.14. The van der Waals surface area contributed by atoms with Crippen molar-refractivity contribution in [3.8, 4) is 10.6 Å². The summed E-state index contributed by atoms with van der Waals surface area (Å²) in [6, 6.07) is 6.32. The number of fused-ring (bicyclic) bond motifs is 1. The number of amides is 1. The van der Waals surface area contributed by atoms with Gasteiger partial charge >= 0.3 is 0 Å². The Hall–Kier alpha value is -2.54. The van der Waals surface area contributed by atoms with Crippen molar-refractivity contribution >= 4 is 17.2 Å². The quantitative estimate of drug-likeness (QED) is 0.756. The van der Waals surface area contributed by atoms with Crippen LogP contribution in [0.4, 0.5) is 4.39 Å². The first-order valence-electron chi connectivity index (χ1n) is 8.73. The molecule has 1 amide bonds. The zero-order chi connectivity index (χ0) is 18.1. The van der Waals surface area contributed by atoms with Gasteiger partial charge in [0.15, 0.2) is 5.82 Å². The van der Waals surface area contributed by atoms with E-state index in [1.807, 2.05) is 11.5 Å². The predicted octanol–water partition coefficient (Wildman–Crippen LogP) is 3.97. The highest BCUT2D eigenvalue weighted by atomic mass is 32.1. The van der Waals surface area contributed by atoms with Crippen LogP contribution in [-0.2, 0) is 13.0 Å². The van der Waals surface area contributed by atoms with Gasteiger partial charge in [-0.15, -0.1) is 11.3 Å². The maximum absolute atomic E-state index is 13.2. The molecule has 5 nitrogen and oxygen atoms in total. The minimum absolute atomic E-state index is 0.0556. The van der Waals surface area contributed by atoms with E-state index in [1.165, 1.54) is 12.1 Å². The summed E-state index contributed by atoms with van der Waals surface area (Å²) in [7, 11) is 0. The Morgan fingerprint density at radius 2 is 2.19 bits per heavy atom. The Labute approximate surface area is 154 Å². The molecular weight excluding hydrogens is 351 g/mol. The summed E-state index contributed by atoms with van der Waals surface area (Å²) in [5.74, 6) is 0.0148. The highest BCUT2D eigenvalue weighted by Gasteiger charge is 2.27. The lowest BCUT2D eigenvalue weighted by atomic mass is 9.98. The van der Waals surface area contributed by atoms with Gasteiger partial charge in [-0.05, 0) is 50.5 Å². The SMILES string of the molecule is CCn1ccnc1C(=O)NC1CCCc2nc(-c3ccc(F)cc3)sc21. The monoisotopic (exact) mass is 370 g/mol. The number of hydrogen-bond donors (Lipinski definition) is 1. The van der Waals surface area contributed by atoms with Crippen LogP contribution in [0.2, 0.25) is 0 Å². The Morgan fingerprint density at radius 3 is 2.96 bits per heavy atom. The molecule has 0 saturated heterocycles. The molecule has 0 saturated carbocycles. The second-order valence-corrected chi connectivity index (χ2v) is 7.32. The fourth-order valence-corrected chi connectivity index (χ4v) is 4.47. The summed E-state index contributed by atoms with van der Waals surface area (Å²) in [4.78, 5) is 22.6. The summed E-state index contributed by atoms with van der Waals surface area (Å²) in [6.45, 7) is 2.68. The van der Waals surface area contributed by atoms with Gasteiger partial charge in [0.1, 0.15) is 10.8 Å². The first kappa shape index (κ1) is 16.9. The maximum atomic E-state index is 13.2. The largest absolute Gasteiger partial charge is 0.342 e. The second-order valence-electron chi connectivity index (χ2n) is 6.29. The molecule has 1 unspecified atom stereocenters. The number of hydrogen-bond acceptors (Lipinski definition) is 4. The number of nitrogens with zero attached hydrogens (tertiary/aromatic N) is 3. The van der Waals surface area contributed by atoms with E-state index >= 15 is 0 Å². The summed E-state index contributed by atoms with van der Waals surface area (Å²) in [5, 5.41) is 3.98. The highest BCUT2D eigenvalue weighted by molar-refractivity contribution is 7.15. The Kier molecular flexibility index (Phi) is 4.55. The zero-order valence-electron chi connectivity index (χ0n) is 14.4. The molecule has 1 aromatic carbocycles. The lowest BCUT2D eigenvalue weighted by Gasteiger charge is -2.22. The first-order valence-corrected chi connectivity index (χ1v) is 9.55. The zero-order valence-corrected chi connectivity index (χ0v) is 15.2. The van der Waals surface area contributed by atoms with Crippen LogP contribution in [0.25, 0.3) is 10.6 Å². The third-order valence-electron chi connectivity index (χ3n) is 4.61. The van der Waals surface area contributed by atoms with Crippen LogP contribution in [0.15, 0.2) is 36.7 Å². The van der Waals surface area contributed by atoms with Crippen LogP contribution < -0.4 is 5.32 Å². The number of aromatic nitrogens is 3. The van der Waals surface area contributed by atoms with Crippen molar-refractivity contribution in [1.82, 2.24) is 19.9 Å². The van der Waals surface area contributed by atoms with Crippen LogP contribution in [0, 0.1) is 5.82 Å². The molecule has 0 bridgehead atoms. The number of rotatable bonds is 4. The fraction of sp³-hybridized carbons (Fsp3) is 0.316. The van der Waals surface area contributed by atoms with Gasteiger partial charge in [0.2, 0.25) is 0 Å².